The molecule has 0 fully saturated rings. The Hall–Kier alpha value is -2.10. The van der Waals surface area contributed by atoms with E-state index in [0.29, 0.717) is 17.4 Å². The Morgan fingerprint density at radius 1 is 0.960 bits per heavy atom. The lowest BCUT2D eigenvalue weighted by Gasteiger charge is -2.10. The van der Waals surface area contributed by atoms with Crippen LogP contribution in [0.1, 0.15) is 30.5 Å². The van der Waals surface area contributed by atoms with Crippen LogP contribution in [0.2, 0.25) is 5.02 Å². The highest BCUT2D eigenvalue weighted by molar-refractivity contribution is 6.32. The number of rotatable bonds is 8. The van der Waals surface area contributed by atoms with Gasteiger partial charge in [0.1, 0.15) is 12.4 Å². The van der Waals surface area contributed by atoms with Gasteiger partial charge in [-0.3, -0.25) is 0 Å². The van der Waals surface area contributed by atoms with E-state index in [2.05, 4.69) is 11.1 Å². The first-order valence-corrected chi connectivity index (χ1v) is 9.01. The Balaban J connectivity index is 1.60. The fraction of sp³-hybridized carbons (Fsp3) is 0.286. The first-order chi connectivity index (χ1) is 12.3. The molecule has 0 unspecified atom stereocenters. The normalized spacial score (nSPS) is 11.0. The number of hydrogen-bond acceptors (Lipinski definition) is 3. The Morgan fingerprint density at radius 2 is 1.84 bits per heavy atom. The molecular weight excluding hydrogens is 334 g/mol. The first-order valence-electron chi connectivity index (χ1n) is 8.63. The van der Waals surface area contributed by atoms with Crippen molar-refractivity contribution in [2.75, 3.05) is 6.61 Å². The topological polar surface area (TPSA) is 42.4 Å². The molecule has 3 rings (SSSR count). The van der Waals surface area contributed by atoms with Crippen molar-refractivity contribution in [1.82, 2.24) is 4.98 Å². The quantitative estimate of drug-likeness (QED) is 0.566. The van der Waals surface area contributed by atoms with Crippen LogP contribution in [0.3, 0.4) is 0 Å². The smallest absolute Gasteiger partial charge is 0.138 e. The molecule has 25 heavy (non-hydrogen) atoms. The molecule has 0 amide bonds. The zero-order valence-electron chi connectivity index (χ0n) is 14.1. The van der Waals surface area contributed by atoms with E-state index in [1.807, 2.05) is 48.5 Å². The number of halogens is 1. The zero-order chi connectivity index (χ0) is 17.5. The van der Waals surface area contributed by atoms with Crippen LogP contribution in [0.25, 0.3) is 10.9 Å². The van der Waals surface area contributed by atoms with Crippen LogP contribution in [0, 0.1) is 0 Å². The number of hydrogen-bond donors (Lipinski definition) is 1. The number of aryl methyl sites for hydroxylation is 1. The summed E-state index contributed by atoms with van der Waals surface area (Å²) in [6, 6.07) is 18.0. The van der Waals surface area contributed by atoms with Crippen LogP contribution >= 0.6 is 11.6 Å². The van der Waals surface area contributed by atoms with Gasteiger partial charge in [0.2, 0.25) is 0 Å². The summed E-state index contributed by atoms with van der Waals surface area (Å²) >= 11 is 6.35. The van der Waals surface area contributed by atoms with Gasteiger partial charge >= 0.3 is 0 Å². The van der Waals surface area contributed by atoms with Crippen LogP contribution in [0.4, 0.5) is 0 Å². The van der Waals surface area contributed by atoms with Gasteiger partial charge in [0, 0.05) is 12.0 Å². The second kappa shape index (κ2) is 8.84. The molecule has 0 aliphatic heterocycles. The zero-order valence-corrected chi connectivity index (χ0v) is 14.9. The Labute approximate surface area is 153 Å². The molecule has 3 aromatic rings. The number of unbranched alkanes of at least 4 members (excludes halogenated alkanes) is 2. The molecule has 4 heteroatoms. The average molecular weight is 356 g/mol. The van der Waals surface area contributed by atoms with Crippen LogP contribution in [-0.4, -0.2) is 16.7 Å². The number of aliphatic hydroxyl groups excluding tert-OH is 1. The maximum absolute atomic E-state index is 8.81. The van der Waals surface area contributed by atoms with Gasteiger partial charge in [-0.1, -0.05) is 48.4 Å². The van der Waals surface area contributed by atoms with Crippen molar-refractivity contribution in [3.8, 4) is 5.75 Å². The molecule has 130 valence electrons. The number of pyridine rings is 1. The highest BCUT2D eigenvalue weighted by atomic mass is 35.5. The summed E-state index contributed by atoms with van der Waals surface area (Å²) in [5.41, 5.74) is 3.04. The summed E-state index contributed by atoms with van der Waals surface area (Å²) in [6.45, 7) is 0.650. The van der Waals surface area contributed by atoms with E-state index in [1.54, 1.807) is 0 Å². The van der Waals surface area contributed by atoms with Crippen LogP contribution < -0.4 is 4.74 Å². The van der Waals surface area contributed by atoms with Crippen molar-refractivity contribution >= 4 is 22.5 Å². The number of para-hydroxylation sites is 1. The Bertz CT molecular complexity index is 835. The van der Waals surface area contributed by atoms with Gasteiger partial charge in [0.15, 0.2) is 0 Å². The number of aromatic nitrogens is 1. The predicted molar refractivity (Wildman–Crippen MR) is 102 cm³/mol. The van der Waals surface area contributed by atoms with Gasteiger partial charge < -0.3 is 9.84 Å². The van der Waals surface area contributed by atoms with Crippen LogP contribution in [0.15, 0.2) is 54.6 Å². The molecule has 1 heterocycles. The van der Waals surface area contributed by atoms with Gasteiger partial charge in [-0.25, -0.2) is 4.98 Å². The molecule has 0 aliphatic carbocycles. The number of nitrogens with zero attached hydrogens (tertiary/aromatic N) is 1. The molecule has 0 radical (unpaired) electrons. The van der Waals surface area contributed by atoms with Gasteiger partial charge in [-0.15, -0.1) is 0 Å². The Kier molecular flexibility index (Phi) is 6.26. The van der Waals surface area contributed by atoms with Crippen molar-refractivity contribution in [2.45, 2.75) is 32.3 Å². The van der Waals surface area contributed by atoms with Crippen LogP contribution in [-0.2, 0) is 13.0 Å². The van der Waals surface area contributed by atoms with E-state index in [9.17, 15) is 0 Å². The fourth-order valence-electron chi connectivity index (χ4n) is 2.77. The molecule has 3 nitrogen and oxygen atoms in total. The lowest BCUT2D eigenvalue weighted by molar-refractivity contribution is 0.283. The summed E-state index contributed by atoms with van der Waals surface area (Å²) in [6.07, 6.45) is 3.90. The lowest BCUT2D eigenvalue weighted by atomic mass is 10.1. The maximum atomic E-state index is 8.81. The third-order valence-corrected chi connectivity index (χ3v) is 4.45. The monoisotopic (exact) mass is 355 g/mol. The second-order valence-electron chi connectivity index (χ2n) is 6.08. The van der Waals surface area contributed by atoms with E-state index < -0.39 is 0 Å². The minimum Gasteiger partial charge on any atom is -0.486 e. The van der Waals surface area contributed by atoms with Gasteiger partial charge in [0.05, 0.1) is 16.2 Å². The van der Waals surface area contributed by atoms with E-state index in [-0.39, 0.29) is 6.61 Å². The number of benzene rings is 2. The minimum atomic E-state index is 0.260. The number of fused-ring (bicyclic) bond motifs is 1. The largest absolute Gasteiger partial charge is 0.486 e. The number of aliphatic hydroxyl groups is 1. The molecule has 2 aromatic carbocycles. The van der Waals surface area contributed by atoms with Crippen molar-refractivity contribution in [3.05, 3.63) is 70.9 Å². The van der Waals surface area contributed by atoms with E-state index in [0.717, 1.165) is 42.3 Å². The molecule has 0 spiro atoms. The summed E-state index contributed by atoms with van der Waals surface area (Å²) in [7, 11) is 0. The number of ether oxygens (including phenoxy) is 1. The van der Waals surface area contributed by atoms with Crippen molar-refractivity contribution in [3.63, 3.8) is 0 Å². The highest BCUT2D eigenvalue weighted by Crippen LogP contribution is 2.27. The molecule has 0 saturated carbocycles. The SMILES string of the molecule is OCCCCCc1ccc(OCc2ccc3ccccc3n2)c(Cl)c1. The first kappa shape index (κ1) is 17.7. The summed E-state index contributed by atoms with van der Waals surface area (Å²) < 4.78 is 5.84. The standard InChI is InChI=1S/C21H22ClNO2/c22-19-14-16(6-2-1-5-13-24)9-12-21(19)25-15-18-11-10-17-7-3-4-8-20(17)23-18/h3-4,7-12,14,24H,1-2,5-6,13,15H2. The lowest BCUT2D eigenvalue weighted by Crippen LogP contribution is -1.99. The van der Waals surface area contributed by atoms with E-state index in [4.69, 9.17) is 21.4 Å². The Morgan fingerprint density at radius 3 is 2.68 bits per heavy atom. The third-order valence-electron chi connectivity index (χ3n) is 4.15. The fourth-order valence-corrected chi connectivity index (χ4v) is 3.03. The van der Waals surface area contributed by atoms with Gasteiger partial charge in [-0.05, 0) is 49.1 Å². The summed E-state index contributed by atoms with van der Waals surface area (Å²) in [5.74, 6) is 0.677. The molecule has 0 bridgehead atoms. The molecule has 0 saturated heterocycles. The van der Waals surface area contributed by atoms with E-state index in [1.165, 1.54) is 5.56 Å². The van der Waals surface area contributed by atoms with Crippen molar-refractivity contribution in [2.24, 2.45) is 0 Å². The maximum Gasteiger partial charge on any atom is 0.138 e. The molecule has 1 aromatic heterocycles. The van der Waals surface area contributed by atoms with Gasteiger partial charge in [-0.2, -0.15) is 0 Å². The molecule has 0 atom stereocenters. The van der Waals surface area contributed by atoms with Crippen molar-refractivity contribution < 1.29 is 9.84 Å². The van der Waals surface area contributed by atoms with E-state index >= 15 is 0 Å². The molecule has 1 N–H and O–H groups in total. The van der Waals surface area contributed by atoms with Crippen molar-refractivity contribution in [1.29, 1.82) is 0 Å². The summed E-state index contributed by atoms with van der Waals surface area (Å²) in [5, 5.41) is 10.6. The van der Waals surface area contributed by atoms with Crippen LogP contribution in [0.5, 0.6) is 5.75 Å². The third kappa shape index (κ3) is 4.94. The predicted octanol–water partition coefficient (Wildman–Crippen LogP) is 5.17. The second-order valence-corrected chi connectivity index (χ2v) is 6.49. The highest BCUT2D eigenvalue weighted by Gasteiger charge is 2.05. The summed E-state index contributed by atoms with van der Waals surface area (Å²) in [4.78, 5) is 4.61. The van der Waals surface area contributed by atoms with Gasteiger partial charge in [0.25, 0.3) is 0 Å². The molecule has 0 aliphatic rings. The minimum absolute atomic E-state index is 0.260. The molecular formula is C21H22ClNO2. The average Bonchev–Trinajstić information content (AvgIpc) is 2.64.